The number of nitrogens with two attached hydrogens (primary N) is 1. The normalized spacial score (nSPS) is 12.0. The van der Waals surface area contributed by atoms with E-state index in [1.54, 1.807) is 38.1 Å². The second-order valence-corrected chi connectivity index (χ2v) is 6.59. The van der Waals surface area contributed by atoms with E-state index in [9.17, 15) is 14.0 Å². The van der Waals surface area contributed by atoms with Crippen LogP contribution in [0.1, 0.15) is 25.7 Å². The number of halogens is 2. The fourth-order valence-corrected chi connectivity index (χ4v) is 3.08. The topological polar surface area (TPSA) is 102 Å². The SMILES string of the molecule is CCNC(=O)Nc1cccc(-n2c(C(C)N)nc3c(F)ccc(Cl)c3c2=O)c1. The summed E-state index contributed by atoms with van der Waals surface area (Å²) in [6.07, 6.45) is 0. The summed E-state index contributed by atoms with van der Waals surface area (Å²) in [5.41, 5.74) is 6.22. The first kappa shape index (κ1) is 19.8. The standard InChI is InChI=1S/C19H19ClFN5O2/c1-3-23-19(28)24-11-5-4-6-12(9-11)26-17(10(2)22)25-16-14(21)8-7-13(20)15(16)18(26)27/h4-10H,3,22H2,1-2H3,(H2,23,24,28). The van der Waals surface area contributed by atoms with E-state index < -0.39 is 17.4 Å². The molecule has 9 heteroatoms. The van der Waals surface area contributed by atoms with Crippen LogP contribution in [-0.4, -0.2) is 22.1 Å². The average Bonchev–Trinajstić information content (AvgIpc) is 2.64. The summed E-state index contributed by atoms with van der Waals surface area (Å²) in [4.78, 5) is 29.2. The number of urea groups is 1. The Balaban J connectivity index is 2.24. The molecule has 1 unspecified atom stereocenters. The lowest BCUT2D eigenvalue weighted by atomic mass is 10.2. The largest absolute Gasteiger partial charge is 0.338 e. The zero-order valence-corrected chi connectivity index (χ0v) is 16.0. The predicted octanol–water partition coefficient (Wildman–Crippen LogP) is 3.34. The third kappa shape index (κ3) is 3.69. The van der Waals surface area contributed by atoms with Crippen molar-refractivity contribution >= 4 is 34.2 Å². The van der Waals surface area contributed by atoms with E-state index in [1.165, 1.54) is 10.6 Å². The van der Waals surface area contributed by atoms with E-state index in [4.69, 9.17) is 17.3 Å². The molecule has 0 saturated heterocycles. The van der Waals surface area contributed by atoms with Gasteiger partial charge in [0.2, 0.25) is 0 Å². The first-order chi connectivity index (χ1) is 13.3. The molecule has 28 heavy (non-hydrogen) atoms. The van der Waals surface area contributed by atoms with Crippen LogP contribution >= 0.6 is 11.6 Å². The lowest BCUT2D eigenvalue weighted by Crippen LogP contribution is -2.29. The van der Waals surface area contributed by atoms with Gasteiger partial charge in [-0.15, -0.1) is 0 Å². The maximum atomic E-state index is 14.2. The van der Waals surface area contributed by atoms with Gasteiger partial charge >= 0.3 is 6.03 Å². The Bertz CT molecular complexity index is 1110. The molecule has 7 nitrogen and oxygen atoms in total. The van der Waals surface area contributed by atoms with Crippen LogP contribution in [0.2, 0.25) is 5.02 Å². The maximum absolute atomic E-state index is 14.2. The van der Waals surface area contributed by atoms with Crippen molar-refractivity contribution in [1.29, 1.82) is 0 Å². The van der Waals surface area contributed by atoms with Gasteiger partial charge in [-0.25, -0.2) is 14.2 Å². The fraction of sp³-hybridized carbons (Fsp3) is 0.211. The van der Waals surface area contributed by atoms with Gasteiger partial charge in [0, 0.05) is 12.2 Å². The Morgan fingerprint density at radius 2 is 2.11 bits per heavy atom. The lowest BCUT2D eigenvalue weighted by molar-refractivity contribution is 0.252. The van der Waals surface area contributed by atoms with Crippen molar-refractivity contribution in [1.82, 2.24) is 14.9 Å². The number of benzene rings is 2. The van der Waals surface area contributed by atoms with Gasteiger partial charge in [-0.3, -0.25) is 9.36 Å². The minimum Gasteiger partial charge on any atom is -0.338 e. The number of anilines is 1. The van der Waals surface area contributed by atoms with E-state index in [1.807, 2.05) is 0 Å². The van der Waals surface area contributed by atoms with E-state index in [0.717, 1.165) is 6.07 Å². The third-order valence-electron chi connectivity index (χ3n) is 4.06. The molecule has 0 aliphatic heterocycles. The summed E-state index contributed by atoms with van der Waals surface area (Å²) in [5.74, 6) is -0.481. The van der Waals surface area contributed by atoms with Crippen LogP contribution in [0.5, 0.6) is 0 Å². The van der Waals surface area contributed by atoms with Gasteiger partial charge in [-0.05, 0) is 44.2 Å². The summed E-state index contributed by atoms with van der Waals surface area (Å²) in [6.45, 7) is 3.91. The number of hydrogen-bond acceptors (Lipinski definition) is 4. The van der Waals surface area contributed by atoms with Crippen LogP contribution < -0.4 is 21.9 Å². The number of rotatable bonds is 4. The summed E-state index contributed by atoms with van der Waals surface area (Å²) in [7, 11) is 0. The van der Waals surface area contributed by atoms with Gasteiger partial charge in [0.05, 0.1) is 22.1 Å². The van der Waals surface area contributed by atoms with Gasteiger partial charge in [0.25, 0.3) is 5.56 Å². The zero-order valence-electron chi connectivity index (χ0n) is 15.3. The lowest BCUT2D eigenvalue weighted by Gasteiger charge is -2.17. The quantitative estimate of drug-likeness (QED) is 0.621. The number of amides is 2. The van der Waals surface area contributed by atoms with E-state index in [0.29, 0.717) is 17.9 Å². The number of carbonyl (C=O) groups excluding carboxylic acids is 1. The Labute approximate surface area is 165 Å². The number of carbonyl (C=O) groups is 1. The molecule has 4 N–H and O–H groups in total. The monoisotopic (exact) mass is 403 g/mol. The Hall–Kier alpha value is -2.97. The van der Waals surface area contributed by atoms with Crippen LogP contribution in [0.15, 0.2) is 41.2 Å². The fourth-order valence-electron chi connectivity index (χ4n) is 2.85. The Morgan fingerprint density at radius 1 is 1.36 bits per heavy atom. The smallest absolute Gasteiger partial charge is 0.319 e. The number of nitrogens with zero attached hydrogens (tertiary/aromatic N) is 2. The Morgan fingerprint density at radius 3 is 2.79 bits per heavy atom. The molecular weight excluding hydrogens is 385 g/mol. The van der Waals surface area contributed by atoms with Crippen molar-refractivity contribution in [3.05, 3.63) is 63.4 Å². The van der Waals surface area contributed by atoms with Gasteiger partial charge < -0.3 is 16.4 Å². The number of aromatic nitrogens is 2. The average molecular weight is 404 g/mol. The summed E-state index contributed by atoms with van der Waals surface area (Å²) < 4.78 is 15.5. The first-order valence-electron chi connectivity index (χ1n) is 8.65. The molecule has 0 radical (unpaired) electrons. The minimum absolute atomic E-state index is 0.0341. The molecule has 0 saturated carbocycles. The van der Waals surface area contributed by atoms with Crippen molar-refractivity contribution < 1.29 is 9.18 Å². The molecule has 2 aromatic carbocycles. The molecule has 0 aliphatic carbocycles. The molecule has 1 atom stereocenters. The highest BCUT2D eigenvalue weighted by Crippen LogP contribution is 2.25. The third-order valence-corrected chi connectivity index (χ3v) is 4.37. The van der Waals surface area contributed by atoms with E-state index in [2.05, 4.69) is 15.6 Å². The van der Waals surface area contributed by atoms with Crippen LogP contribution in [0, 0.1) is 5.82 Å². The van der Waals surface area contributed by atoms with Gasteiger partial charge in [0.1, 0.15) is 17.2 Å². The van der Waals surface area contributed by atoms with Crippen LogP contribution in [0.3, 0.4) is 0 Å². The first-order valence-corrected chi connectivity index (χ1v) is 9.02. The molecule has 146 valence electrons. The van der Waals surface area contributed by atoms with Crippen LogP contribution in [0.25, 0.3) is 16.6 Å². The van der Waals surface area contributed by atoms with Gasteiger partial charge in [0.15, 0.2) is 0 Å². The summed E-state index contributed by atoms with van der Waals surface area (Å²) in [6, 6.07) is 8.05. The molecule has 3 aromatic rings. The molecule has 0 aliphatic rings. The van der Waals surface area contributed by atoms with Crippen molar-refractivity contribution in [3.63, 3.8) is 0 Å². The number of hydrogen-bond donors (Lipinski definition) is 3. The second kappa shape index (κ2) is 7.95. The zero-order chi connectivity index (χ0) is 20.4. The highest BCUT2D eigenvalue weighted by atomic mass is 35.5. The Kier molecular flexibility index (Phi) is 5.62. The van der Waals surface area contributed by atoms with Crippen molar-refractivity contribution in [3.8, 4) is 5.69 Å². The van der Waals surface area contributed by atoms with Gasteiger partial charge in [-0.2, -0.15) is 0 Å². The van der Waals surface area contributed by atoms with Crippen molar-refractivity contribution in [2.24, 2.45) is 5.73 Å². The summed E-state index contributed by atoms with van der Waals surface area (Å²) in [5, 5.41) is 5.36. The summed E-state index contributed by atoms with van der Waals surface area (Å²) >= 11 is 6.14. The highest BCUT2D eigenvalue weighted by Gasteiger charge is 2.20. The second-order valence-electron chi connectivity index (χ2n) is 6.19. The number of nitrogens with one attached hydrogen (secondary N) is 2. The molecule has 0 bridgehead atoms. The molecular formula is C19H19ClFN5O2. The number of fused-ring (bicyclic) bond motifs is 1. The van der Waals surface area contributed by atoms with Gasteiger partial charge in [-0.1, -0.05) is 17.7 Å². The molecule has 0 fully saturated rings. The van der Waals surface area contributed by atoms with E-state index >= 15 is 0 Å². The van der Waals surface area contributed by atoms with Crippen LogP contribution in [0.4, 0.5) is 14.9 Å². The molecule has 3 rings (SSSR count). The van der Waals surface area contributed by atoms with Crippen molar-refractivity contribution in [2.75, 3.05) is 11.9 Å². The predicted molar refractivity (Wildman–Crippen MR) is 108 cm³/mol. The molecule has 0 spiro atoms. The van der Waals surface area contributed by atoms with Crippen LogP contribution in [-0.2, 0) is 0 Å². The molecule has 1 heterocycles. The highest BCUT2D eigenvalue weighted by molar-refractivity contribution is 6.35. The minimum atomic E-state index is -0.657. The maximum Gasteiger partial charge on any atom is 0.319 e. The molecule has 2 amide bonds. The van der Waals surface area contributed by atoms with E-state index in [-0.39, 0.29) is 27.8 Å². The molecule has 1 aromatic heterocycles. The van der Waals surface area contributed by atoms with Crippen molar-refractivity contribution in [2.45, 2.75) is 19.9 Å².